The number of piperidine rings is 1. The van der Waals surface area contributed by atoms with Gasteiger partial charge < -0.3 is 10.2 Å². The zero-order chi connectivity index (χ0) is 23.0. The lowest BCUT2D eigenvalue weighted by molar-refractivity contribution is -0.121. The molecule has 6 nitrogen and oxygen atoms in total. The van der Waals surface area contributed by atoms with Crippen LogP contribution in [0.25, 0.3) is 0 Å². The van der Waals surface area contributed by atoms with Gasteiger partial charge in [0.15, 0.2) is 5.84 Å². The molecule has 2 aliphatic heterocycles. The fraction of sp³-hybridized carbons (Fsp3) is 0.440. The smallest absolute Gasteiger partial charge is 0.285 e. The first kappa shape index (κ1) is 22.5. The molecule has 2 aromatic carbocycles. The van der Waals surface area contributed by atoms with Gasteiger partial charge in [0.25, 0.3) is 10.0 Å². The number of hydrogen-bond acceptors (Lipinski definition) is 4. The Hall–Kier alpha value is -2.67. The van der Waals surface area contributed by atoms with E-state index in [1.165, 1.54) is 0 Å². The van der Waals surface area contributed by atoms with Crippen molar-refractivity contribution in [2.24, 2.45) is 10.3 Å². The normalized spacial score (nSPS) is 18.1. The minimum atomic E-state index is -3.63. The highest BCUT2D eigenvalue weighted by molar-refractivity contribution is 7.90. The number of rotatable bonds is 4. The molecular weight excluding hydrogens is 422 g/mol. The Morgan fingerprint density at radius 3 is 2.16 bits per heavy atom. The monoisotopic (exact) mass is 453 g/mol. The zero-order valence-electron chi connectivity index (χ0n) is 19.1. The van der Waals surface area contributed by atoms with Crippen LogP contribution in [0.1, 0.15) is 69.1 Å². The molecule has 2 aliphatic rings. The van der Waals surface area contributed by atoms with Gasteiger partial charge in [-0.15, -0.1) is 4.40 Å². The molecule has 1 amide bonds. The molecule has 0 radical (unpaired) electrons. The molecule has 0 atom stereocenters. The van der Waals surface area contributed by atoms with Gasteiger partial charge in [-0.2, -0.15) is 8.42 Å². The van der Waals surface area contributed by atoms with E-state index in [2.05, 4.69) is 55.6 Å². The summed E-state index contributed by atoms with van der Waals surface area (Å²) in [5.41, 5.74) is 3.92. The SMILES string of the molecule is CC(C)c1cccc(C(C)C)c1NC(=O)C1CCN(C2=NS(=O)(=O)c3ccccc32)CC1. The van der Waals surface area contributed by atoms with Gasteiger partial charge in [0, 0.05) is 30.3 Å². The summed E-state index contributed by atoms with van der Waals surface area (Å²) in [6.45, 7) is 9.76. The number of likely N-dealkylation sites (tertiary alicyclic amines) is 1. The Kier molecular flexibility index (Phi) is 6.12. The highest BCUT2D eigenvalue weighted by Crippen LogP contribution is 2.34. The van der Waals surface area contributed by atoms with Crippen molar-refractivity contribution in [3.05, 3.63) is 59.2 Å². The molecule has 4 rings (SSSR count). The number of nitrogens with one attached hydrogen (secondary N) is 1. The van der Waals surface area contributed by atoms with Crippen LogP contribution < -0.4 is 5.32 Å². The van der Waals surface area contributed by atoms with E-state index in [4.69, 9.17) is 0 Å². The number of amides is 1. The summed E-state index contributed by atoms with van der Waals surface area (Å²) >= 11 is 0. The lowest BCUT2D eigenvalue weighted by atomic mass is 9.91. The topological polar surface area (TPSA) is 78.8 Å². The van der Waals surface area contributed by atoms with E-state index in [9.17, 15) is 13.2 Å². The maximum Gasteiger partial charge on any atom is 0.285 e. The van der Waals surface area contributed by atoms with Gasteiger partial charge in [0.05, 0.1) is 0 Å². The molecule has 1 fully saturated rings. The first-order chi connectivity index (χ1) is 15.2. The molecule has 32 heavy (non-hydrogen) atoms. The number of anilines is 1. The molecule has 2 heterocycles. The van der Waals surface area contributed by atoms with Gasteiger partial charge >= 0.3 is 0 Å². The predicted octanol–water partition coefficient (Wildman–Crippen LogP) is 4.73. The highest BCUT2D eigenvalue weighted by atomic mass is 32.2. The molecule has 7 heteroatoms. The molecule has 0 aromatic heterocycles. The molecule has 170 valence electrons. The van der Waals surface area contributed by atoms with Crippen LogP contribution in [0.3, 0.4) is 0 Å². The van der Waals surface area contributed by atoms with Crippen LogP contribution in [-0.2, 0) is 14.8 Å². The van der Waals surface area contributed by atoms with Gasteiger partial charge in [-0.25, -0.2) is 0 Å². The van der Waals surface area contributed by atoms with Gasteiger partial charge in [0.2, 0.25) is 5.91 Å². The lowest BCUT2D eigenvalue weighted by Gasteiger charge is -2.33. The summed E-state index contributed by atoms with van der Waals surface area (Å²) in [7, 11) is -3.63. The fourth-order valence-corrected chi connectivity index (χ4v) is 5.82. The van der Waals surface area contributed by atoms with E-state index >= 15 is 0 Å². The number of hydrogen-bond donors (Lipinski definition) is 1. The number of benzene rings is 2. The second kappa shape index (κ2) is 8.70. The van der Waals surface area contributed by atoms with Gasteiger partial charge in [0.1, 0.15) is 4.90 Å². The van der Waals surface area contributed by atoms with Crippen LogP contribution in [0, 0.1) is 5.92 Å². The maximum atomic E-state index is 13.2. The average Bonchev–Trinajstić information content (AvgIpc) is 3.05. The van der Waals surface area contributed by atoms with Crippen molar-refractivity contribution in [2.75, 3.05) is 18.4 Å². The van der Waals surface area contributed by atoms with Crippen LogP contribution >= 0.6 is 0 Å². The molecule has 0 spiro atoms. The Labute approximate surface area is 190 Å². The summed E-state index contributed by atoms with van der Waals surface area (Å²) in [6.07, 6.45) is 1.32. The number of carbonyl (C=O) groups is 1. The molecule has 2 aromatic rings. The number of nitrogens with zero attached hydrogens (tertiary/aromatic N) is 2. The Morgan fingerprint density at radius 2 is 1.56 bits per heavy atom. The number of sulfonamides is 1. The molecule has 0 saturated carbocycles. The maximum absolute atomic E-state index is 13.2. The minimum absolute atomic E-state index is 0.0426. The van der Waals surface area contributed by atoms with E-state index in [0.29, 0.717) is 49.2 Å². The molecule has 1 saturated heterocycles. The fourth-order valence-electron chi connectivity index (χ4n) is 4.59. The van der Waals surface area contributed by atoms with Crippen LogP contribution in [-0.4, -0.2) is 38.2 Å². The first-order valence-corrected chi connectivity index (χ1v) is 12.8. The third-order valence-electron chi connectivity index (χ3n) is 6.40. The molecular formula is C25H31N3O3S. The third-order valence-corrected chi connectivity index (χ3v) is 7.72. The third kappa shape index (κ3) is 4.18. The van der Waals surface area contributed by atoms with E-state index in [0.717, 1.165) is 16.8 Å². The van der Waals surface area contributed by atoms with Crippen molar-refractivity contribution >= 4 is 27.5 Å². The summed E-state index contributed by atoms with van der Waals surface area (Å²) in [6, 6.07) is 13.2. The zero-order valence-corrected chi connectivity index (χ0v) is 19.9. The Bertz CT molecular complexity index is 1130. The second-order valence-electron chi connectivity index (χ2n) is 9.26. The molecule has 0 aliphatic carbocycles. The number of fused-ring (bicyclic) bond motifs is 1. The van der Waals surface area contributed by atoms with E-state index in [-0.39, 0.29) is 16.7 Å². The first-order valence-electron chi connectivity index (χ1n) is 11.3. The van der Waals surface area contributed by atoms with Crippen molar-refractivity contribution in [1.29, 1.82) is 0 Å². The van der Waals surface area contributed by atoms with E-state index in [1.54, 1.807) is 18.2 Å². The predicted molar refractivity (Wildman–Crippen MR) is 128 cm³/mol. The van der Waals surface area contributed by atoms with Crippen molar-refractivity contribution in [3.8, 4) is 0 Å². The summed E-state index contributed by atoms with van der Waals surface area (Å²) < 4.78 is 28.8. The average molecular weight is 454 g/mol. The highest BCUT2D eigenvalue weighted by Gasteiger charge is 2.34. The Morgan fingerprint density at radius 1 is 0.969 bits per heavy atom. The van der Waals surface area contributed by atoms with Crippen molar-refractivity contribution in [1.82, 2.24) is 4.90 Å². The quantitative estimate of drug-likeness (QED) is 0.726. The molecule has 0 bridgehead atoms. The minimum Gasteiger partial charge on any atom is -0.355 e. The van der Waals surface area contributed by atoms with Crippen molar-refractivity contribution in [2.45, 2.75) is 57.3 Å². The van der Waals surface area contributed by atoms with Crippen LogP contribution in [0.15, 0.2) is 51.8 Å². The standard InChI is InChI=1S/C25H31N3O3S/c1-16(2)19-9-7-10-20(17(3)4)23(19)26-25(29)18-12-14-28(15-13-18)24-21-8-5-6-11-22(21)32(30,31)27-24/h5-11,16-18H,12-15H2,1-4H3,(H,26,29). The lowest BCUT2D eigenvalue weighted by Crippen LogP contribution is -2.41. The van der Waals surface area contributed by atoms with Gasteiger partial charge in [-0.1, -0.05) is 58.0 Å². The van der Waals surface area contributed by atoms with Gasteiger partial charge in [-0.3, -0.25) is 4.79 Å². The number of amidine groups is 1. The molecule has 1 N–H and O–H groups in total. The largest absolute Gasteiger partial charge is 0.355 e. The van der Waals surface area contributed by atoms with Crippen molar-refractivity contribution in [3.63, 3.8) is 0 Å². The number of carbonyl (C=O) groups excluding carboxylic acids is 1. The van der Waals surface area contributed by atoms with Crippen LogP contribution in [0.2, 0.25) is 0 Å². The van der Waals surface area contributed by atoms with Crippen LogP contribution in [0.5, 0.6) is 0 Å². The second-order valence-corrected chi connectivity index (χ2v) is 10.8. The summed E-state index contributed by atoms with van der Waals surface area (Å²) in [5, 5.41) is 3.24. The van der Waals surface area contributed by atoms with E-state index in [1.807, 2.05) is 11.0 Å². The van der Waals surface area contributed by atoms with E-state index < -0.39 is 10.0 Å². The number of para-hydroxylation sites is 1. The van der Waals surface area contributed by atoms with Gasteiger partial charge in [-0.05, 0) is 47.9 Å². The summed E-state index contributed by atoms with van der Waals surface area (Å²) in [5.74, 6) is 1.06. The molecule has 0 unspecified atom stereocenters. The summed E-state index contributed by atoms with van der Waals surface area (Å²) in [4.78, 5) is 15.5. The Balaban J connectivity index is 1.48. The van der Waals surface area contributed by atoms with Crippen LogP contribution in [0.4, 0.5) is 5.69 Å². The van der Waals surface area contributed by atoms with Crippen molar-refractivity contribution < 1.29 is 13.2 Å².